The second-order valence-electron chi connectivity index (χ2n) is 8.42. The van der Waals surface area contributed by atoms with Gasteiger partial charge >= 0.3 is 0 Å². The summed E-state index contributed by atoms with van der Waals surface area (Å²) >= 11 is 0. The number of piperidine rings is 1. The van der Waals surface area contributed by atoms with Crippen LogP contribution in [0.15, 0.2) is 59.8 Å². The van der Waals surface area contributed by atoms with Crippen molar-refractivity contribution in [2.45, 2.75) is 45.1 Å². The van der Waals surface area contributed by atoms with Crippen molar-refractivity contribution in [1.82, 2.24) is 14.9 Å². The molecule has 7 nitrogen and oxygen atoms in total. The lowest BCUT2D eigenvalue weighted by molar-refractivity contribution is -0.134. The molecular weight excluding hydrogens is 416 g/mol. The number of aromatic nitrogens is 1. The number of pyridine rings is 1. The fourth-order valence-corrected chi connectivity index (χ4v) is 4.04. The van der Waals surface area contributed by atoms with Crippen LogP contribution >= 0.6 is 0 Å². The zero-order valence-electron chi connectivity index (χ0n) is 20.3. The third-order valence-electron chi connectivity index (χ3n) is 6.02. The Hall–Kier alpha value is -2.48. The first kappa shape index (κ1) is 25.1. The third kappa shape index (κ3) is 7.81. The van der Waals surface area contributed by atoms with Crippen LogP contribution in [-0.2, 0) is 9.57 Å². The molecule has 33 heavy (non-hydrogen) atoms. The van der Waals surface area contributed by atoms with E-state index in [1.807, 2.05) is 43.2 Å². The van der Waals surface area contributed by atoms with Gasteiger partial charge in [-0.15, -0.1) is 0 Å². The number of hydrogen-bond acceptors (Lipinski definition) is 6. The molecule has 0 aliphatic carbocycles. The van der Waals surface area contributed by atoms with Gasteiger partial charge in [-0.3, -0.25) is 14.7 Å². The van der Waals surface area contributed by atoms with Crippen LogP contribution in [0.1, 0.15) is 44.7 Å². The van der Waals surface area contributed by atoms with Gasteiger partial charge in [-0.25, -0.2) is 10.0 Å². The average molecular weight is 455 g/mol. The van der Waals surface area contributed by atoms with Gasteiger partial charge in [0.15, 0.2) is 0 Å². The molecule has 2 aliphatic heterocycles. The molecule has 0 spiro atoms. The molecule has 7 heteroatoms. The van der Waals surface area contributed by atoms with Crippen LogP contribution in [0, 0.1) is 0 Å². The number of nitrogens with zero attached hydrogens (tertiary/aromatic N) is 4. The lowest BCUT2D eigenvalue weighted by Gasteiger charge is -2.36. The van der Waals surface area contributed by atoms with E-state index in [9.17, 15) is 0 Å². The van der Waals surface area contributed by atoms with Crippen LogP contribution in [0.3, 0.4) is 0 Å². The predicted molar refractivity (Wildman–Crippen MR) is 132 cm³/mol. The summed E-state index contributed by atoms with van der Waals surface area (Å²) in [6.45, 7) is 12.6. The van der Waals surface area contributed by atoms with Gasteiger partial charge in [0.1, 0.15) is 11.6 Å². The number of ether oxygens (including phenoxy) is 2. The molecule has 0 saturated carbocycles. The highest BCUT2D eigenvalue weighted by molar-refractivity contribution is 5.83. The topological polar surface area (TPSA) is 59.4 Å². The fourth-order valence-electron chi connectivity index (χ4n) is 4.04. The summed E-state index contributed by atoms with van der Waals surface area (Å²) in [6.07, 6.45) is 11.1. The predicted octanol–water partition coefficient (Wildman–Crippen LogP) is 4.36. The summed E-state index contributed by atoms with van der Waals surface area (Å²) in [5, 5.41) is 1.90. The summed E-state index contributed by atoms with van der Waals surface area (Å²) < 4.78 is 11.4. The zero-order chi connectivity index (χ0) is 23.5. The Kier molecular flexibility index (Phi) is 10.1. The van der Waals surface area contributed by atoms with Crippen LogP contribution in [-0.4, -0.2) is 73.3 Å². The highest BCUT2D eigenvalue weighted by atomic mass is 16.7. The van der Waals surface area contributed by atoms with Crippen molar-refractivity contribution in [3.05, 3.63) is 60.5 Å². The van der Waals surface area contributed by atoms with E-state index in [-0.39, 0.29) is 6.10 Å². The molecule has 1 aromatic rings. The van der Waals surface area contributed by atoms with Crippen molar-refractivity contribution in [2.75, 3.05) is 46.4 Å². The van der Waals surface area contributed by atoms with Gasteiger partial charge in [0.25, 0.3) is 0 Å². The first-order valence-corrected chi connectivity index (χ1v) is 11.9. The monoisotopic (exact) mass is 454 g/mol. The maximum Gasteiger partial charge on any atom is 0.218 e. The lowest BCUT2D eigenvalue weighted by Crippen LogP contribution is -2.47. The van der Waals surface area contributed by atoms with E-state index >= 15 is 0 Å². The third-order valence-corrected chi connectivity index (χ3v) is 6.02. The Labute approximate surface area is 198 Å². The number of rotatable bonds is 11. The Bertz CT molecular complexity index is 840. The molecule has 2 aliphatic rings. The van der Waals surface area contributed by atoms with E-state index in [2.05, 4.69) is 23.6 Å². The molecule has 1 atom stereocenters. The first-order valence-electron chi connectivity index (χ1n) is 11.9. The summed E-state index contributed by atoms with van der Waals surface area (Å²) in [6, 6.07) is 6.03. The van der Waals surface area contributed by atoms with Gasteiger partial charge in [-0.05, 0) is 58.3 Å². The van der Waals surface area contributed by atoms with Crippen molar-refractivity contribution in [3.8, 4) is 5.88 Å². The maximum absolute atomic E-state index is 5.81. The Morgan fingerprint density at radius 3 is 2.76 bits per heavy atom. The van der Waals surface area contributed by atoms with Gasteiger partial charge in [0, 0.05) is 24.3 Å². The molecule has 180 valence electrons. The number of likely N-dealkylation sites (tertiary alicyclic amines) is 1. The van der Waals surface area contributed by atoms with Crippen LogP contribution in [0.25, 0.3) is 0 Å². The van der Waals surface area contributed by atoms with Crippen molar-refractivity contribution in [2.24, 2.45) is 4.99 Å². The number of aliphatic imine (C=N–C) groups is 1. The Balaban J connectivity index is 1.58. The van der Waals surface area contributed by atoms with Crippen LogP contribution in [0.4, 0.5) is 0 Å². The molecule has 0 bridgehead atoms. The van der Waals surface area contributed by atoms with Crippen molar-refractivity contribution in [1.29, 1.82) is 0 Å². The second-order valence-corrected chi connectivity index (χ2v) is 8.42. The lowest BCUT2D eigenvalue weighted by atomic mass is 9.93. The summed E-state index contributed by atoms with van der Waals surface area (Å²) in [4.78, 5) is 17.7. The van der Waals surface area contributed by atoms with E-state index < -0.39 is 0 Å². The number of hydrogen-bond donors (Lipinski definition) is 0. The normalized spacial score (nSPS) is 20.6. The molecule has 0 radical (unpaired) electrons. The van der Waals surface area contributed by atoms with E-state index in [4.69, 9.17) is 24.3 Å². The summed E-state index contributed by atoms with van der Waals surface area (Å²) in [5.74, 6) is 2.81. The Morgan fingerprint density at radius 2 is 2.12 bits per heavy atom. The molecule has 2 saturated heterocycles. The van der Waals surface area contributed by atoms with E-state index in [1.54, 1.807) is 13.2 Å². The smallest absolute Gasteiger partial charge is 0.218 e. The molecule has 0 unspecified atom stereocenters. The molecule has 0 amide bonds. The largest absolute Gasteiger partial charge is 0.444 e. The van der Waals surface area contributed by atoms with Gasteiger partial charge < -0.3 is 9.47 Å². The standard InChI is InChI=1S/C26H38N4O3/c1-5-7-15-27-25(30(31-4)19-23-14-18-32-23)20-29-16-12-22(13-17-29)24-10-8-11-26(28-24)33-21(3)9-6-2/h5-11,22-23H,2,12-20H2,1,3-4H3/b7-5-,21-9?,27-25?/t23-/m0/s1. The minimum absolute atomic E-state index is 0.230. The highest BCUT2D eigenvalue weighted by Crippen LogP contribution is 2.28. The van der Waals surface area contributed by atoms with E-state index in [0.29, 0.717) is 18.3 Å². The van der Waals surface area contributed by atoms with Gasteiger partial charge in [0.2, 0.25) is 5.88 Å². The number of hydroxylamine groups is 2. The molecular formula is C26H38N4O3. The first-order chi connectivity index (χ1) is 16.1. The van der Waals surface area contributed by atoms with Crippen LogP contribution in [0.5, 0.6) is 5.88 Å². The number of amidine groups is 1. The van der Waals surface area contributed by atoms with Gasteiger partial charge in [-0.1, -0.05) is 30.9 Å². The van der Waals surface area contributed by atoms with Crippen molar-refractivity contribution < 1.29 is 14.3 Å². The van der Waals surface area contributed by atoms with E-state index in [1.165, 1.54) is 0 Å². The second kappa shape index (κ2) is 13.3. The van der Waals surface area contributed by atoms with Crippen molar-refractivity contribution in [3.63, 3.8) is 0 Å². The van der Waals surface area contributed by atoms with Crippen LogP contribution in [0.2, 0.25) is 0 Å². The van der Waals surface area contributed by atoms with E-state index in [0.717, 1.165) is 69.3 Å². The fraction of sp³-hybridized carbons (Fsp3) is 0.538. The SMILES string of the molecule is C=CC=C(C)Oc1cccc(C2CCN(CC(=NC/C=C\C)N(C[C@@H]3CCO3)OC)CC2)n1. The minimum atomic E-state index is 0.230. The zero-order valence-corrected chi connectivity index (χ0v) is 20.3. The maximum atomic E-state index is 5.81. The summed E-state index contributed by atoms with van der Waals surface area (Å²) in [5.41, 5.74) is 1.10. The van der Waals surface area contributed by atoms with Crippen LogP contribution < -0.4 is 4.74 Å². The van der Waals surface area contributed by atoms with Crippen molar-refractivity contribution >= 4 is 5.84 Å². The minimum Gasteiger partial charge on any atom is -0.444 e. The molecule has 3 rings (SSSR count). The molecule has 1 aromatic heterocycles. The average Bonchev–Trinajstić information content (AvgIpc) is 2.79. The number of allylic oxidation sites excluding steroid dienone is 4. The highest BCUT2D eigenvalue weighted by Gasteiger charge is 2.27. The molecule has 2 fully saturated rings. The molecule has 3 heterocycles. The molecule has 0 aromatic carbocycles. The molecule has 0 N–H and O–H groups in total. The Morgan fingerprint density at radius 1 is 1.33 bits per heavy atom. The van der Waals surface area contributed by atoms with Gasteiger partial charge in [-0.2, -0.15) is 0 Å². The quantitative estimate of drug-likeness (QED) is 0.124. The summed E-state index contributed by atoms with van der Waals surface area (Å²) in [7, 11) is 1.71. The van der Waals surface area contributed by atoms with Gasteiger partial charge in [0.05, 0.1) is 32.8 Å².